The number of fused-ring (bicyclic) bond motifs is 1. The highest BCUT2D eigenvalue weighted by molar-refractivity contribution is 6.35. The lowest BCUT2D eigenvalue weighted by atomic mass is 9.87. The number of carbonyl (C=O) groups is 2. The highest BCUT2D eigenvalue weighted by Gasteiger charge is 2.27. The normalized spacial score (nSPS) is 18.0. The Hall–Kier alpha value is -2.34. The Kier molecular flexibility index (Phi) is 8.20. The fourth-order valence-electron chi connectivity index (χ4n) is 5.25. The second kappa shape index (κ2) is 11.2. The van der Waals surface area contributed by atoms with Crippen molar-refractivity contribution in [2.45, 2.75) is 84.2 Å². The summed E-state index contributed by atoms with van der Waals surface area (Å²) >= 11 is 6.48. The molecule has 190 valence electrons. The molecule has 2 heterocycles. The molecule has 0 radical (unpaired) electrons. The molecule has 1 aromatic heterocycles. The number of pyridine rings is 1. The molecule has 4 rings (SSSR count). The van der Waals surface area contributed by atoms with Crippen molar-refractivity contribution in [3.63, 3.8) is 0 Å². The van der Waals surface area contributed by atoms with Gasteiger partial charge >= 0.3 is 6.09 Å². The van der Waals surface area contributed by atoms with Crippen molar-refractivity contribution in [3.05, 3.63) is 35.0 Å². The fraction of sp³-hybridized carbons (Fsp3) is 0.607. The number of hydrogen-bond acceptors (Lipinski definition) is 4. The van der Waals surface area contributed by atoms with Crippen LogP contribution in [0.4, 0.5) is 10.5 Å². The topological polar surface area (TPSA) is 71.5 Å². The van der Waals surface area contributed by atoms with Gasteiger partial charge in [0.1, 0.15) is 5.60 Å². The average Bonchev–Trinajstić information content (AvgIpc) is 2.81. The van der Waals surface area contributed by atoms with Gasteiger partial charge in [-0.2, -0.15) is 0 Å². The van der Waals surface area contributed by atoms with Crippen LogP contribution in [0.5, 0.6) is 0 Å². The standard InChI is InChI=1S/C28H38ClN3O3/c1-28(2,3)35-27(34)32-15-13-20(14-16-32)17-21-9-10-22-24(30-21)12-11-23(29)26(22)31-25(33)18-19-7-5-4-6-8-19/h9-12,19-20H,4-8,13-18H2,1-3H3,(H,31,33). The zero-order chi connectivity index (χ0) is 25.0. The smallest absolute Gasteiger partial charge is 0.410 e. The van der Waals surface area contributed by atoms with Gasteiger partial charge < -0.3 is 15.0 Å². The predicted octanol–water partition coefficient (Wildman–Crippen LogP) is 6.99. The summed E-state index contributed by atoms with van der Waals surface area (Å²) in [5.74, 6) is 0.983. The first-order valence-electron chi connectivity index (χ1n) is 13.0. The number of amides is 2. The lowest BCUT2D eigenvalue weighted by molar-refractivity contribution is -0.117. The van der Waals surface area contributed by atoms with Gasteiger partial charge in [0.05, 0.1) is 16.2 Å². The number of piperidine rings is 1. The van der Waals surface area contributed by atoms with Gasteiger partial charge in [-0.25, -0.2) is 4.79 Å². The molecule has 2 aromatic rings. The maximum absolute atomic E-state index is 12.7. The molecule has 2 amide bonds. The molecule has 2 fully saturated rings. The van der Waals surface area contributed by atoms with Crippen molar-refractivity contribution in [2.24, 2.45) is 11.8 Å². The van der Waals surface area contributed by atoms with Gasteiger partial charge in [0.15, 0.2) is 0 Å². The van der Waals surface area contributed by atoms with Crippen LogP contribution in [0.3, 0.4) is 0 Å². The molecule has 1 aliphatic heterocycles. The lowest BCUT2D eigenvalue weighted by Crippen LogP contribution is -2.42. The van der Waals surface area contributed by atoms with Gasteiger partial charge in [0.25, 0.3) is 0 Å². The van der Waals surface area contributed by atoms with E-state index in [4.69, 9.17) is 21.3 Å². The molecule has 7 heteroatoms. The van der Waals surface area contributed by atoms with Crippen molar-refractivity contribution in [1.29, 1.82) is 0 Å². The van der Waals surface area contributed by atoms with Crippen molar-refractivity contribution in [3.8, 4) is 0 Å². The maximum Gasteiger partial charge on any atom is 0.410 e. The van der Waals surface area contributed by atoms with E-state index in [0.717, 1.165) is 48.7 Å². The van der Waals surface area contributed by atoms with Crippen LogP contribution in [-0.2, 0) is 16.0 Å². The molecule has 0 atom stereocenters. The van der Waals surface area contributed by atoms with E-state index in [2.05, 4.69) is 5.32 Å². The van der Waals surface area contributed by atoms with Gasteiger partial charge in [0.2, 0.25) is 5.91 Å². The second-order valence-corrected chi connectivity index (χ2v) is 11.6. The minimum atomic E-state index is -0.472. The summed E-state index contributed by atoms with van der Waals surface area (Å²) < 4.78 is 5.50. The van der Waals surface area contributed by atoms with E-state index in [1.54, 1.807) is 4.90 Å². The summed E-state index contributed by atoms with van der Waals surface area (Å²) in [5.41, 5.74) is 2.05. The molecule has 6 nitrogen and oxygen atoms in total. The van der Waals surface area contributed by atoms with Crippen molar-refractivity contribution < 1.29 is 14.3 Å². The third-order valence-corrected chi connectivity index (χ3v) is 7.42. The number of ether oxygens (including phenoxy) is 1. The highest BCUT2D eigenvalue weighted by Crippen LogP contribution is 2.33. The first-order valence-corrected chi connectivity index (χ1v) is 13.4. The van der Waals surface area contributed by atoms with E-state index < -0.39 is 5.60 Å². The Bertz CT molecular complexity index is 1050. The van der Waals surface area contributed by atoms with Crippen LogP contribution in [0, 0.1) is 11.8 Å². The largest absolute Gasteiger partial charge is 0.444 e. The van der Waals surface area contributed by atoms with Crippen LogP contribution in [0.2, 0.25) is 5.02 Å². The van der Waals surface area contributed by atoms with E-state index >= 15 is 0 Å². The Morgan fingerprint density at radius 2 is 1.74 bits per heavy atom. The number of nitrogens with zero attached hydrogens (tertiary/aromatic N) is 2. The van der Waals surface area contributed by atoms with Crippen LogP contribution in [0.25, 0.3) is 10.9 Å². The minimum Gasteiger partial charge on any atom is -0.444 e. The number of rotatable bonds is 5. The van der Waals surface area contributed by atoms with Crippen molar-refractivity contribution >= 4 is 40.2 Å². The number of benzene rings is 1. The monoisotopic (exact) mass is 499 g/mol. The van der Waals surface area contributed by atoms with Crippen LogP contribution < -0.4 is 5.32 Å². The fourth-order valence-corrected chi connectivity index (χ4v) is 5.46. The number of carbonyl (C=O) groups excluding carboxylic acids is 2. The van der Waals surface area contributed by atoms with Crippen LogP contribution >= 0.6 is 11.6 Å². The Morgan fingerprint density at radius 3 is 2.43 bits per heavy atom. The van der Waals surface area contributed by atoms with Gasteiger partial charge in [-0.05, 0) is 89.0 Å². The molecule has 2 aliphatic rings. The molecule has 35 heavy (non-hydrogen) atoms. The second-order valence-electron chi connectivity index (χ2n) is 11.2. The molecule has 1 saturated carbocycles. The number of anilines is 1. The number of hydrogen-bond donors (Lipinski definition) is 1. The van der Waals surface area contributed by atoms with Gasteiger partial charge in [-0.3, -0.25) is 9.78 Å². The Labute approximate surface area is 213 Å². The minimum absolute atomic E-state index is 0.0344. The summed E-state index contributed by atoms with van der Waals surface area (Å²) in [7, 11) is 0. The number of likely N-dealkylation sites (tertiary alicyclic amines) is 1. The molecular formula is C28H38ClN3O3. The van der Waals surface area contributed by atoms with E-state index in [1.807, 2.05) is 45.0 Å². The molecule has 0 spiro atoms. The van der Waals surface area contributed by atoms with Gasteiger partial charge in [0, 0.05) is 30.6 Å². The zero-order valence-corrected chi connectivity index (χ0v) is 22.0. The van der Waals surface area contributed by atoms with Crippen LogP contribution in [0.1, 0.15) is 77.8 Å². The van der Waals surface area contributed by atoms with Gasteiger partial charge in [-0.15, -0.1) is 0 Å². The first-order chi connectivity index (χ1) is 16.7. The SMILES string of the molecule is CC(C)(C)OC(=O)N1CCC(Cc2ccc3c(NC(=O)CC4CCCCC4)c(Cl)ccc3n2)CC1. The van der Waals surface area contributed by atoms with E-state index in [0.29, 0.717) is 42.1 Å². The summed E-state index contributed by atoms with van der Waals surface area (Å²) in [5, 5.41) is 4.49. The summed E-state index contributed by atoms with van der Waals surface area (Å²) in [4.78, 5) is 31.7. The van der Waals surface area contributed by atoms with Gasteiger partial charge in [-0.1, -0.05) is 30.9 Å². The Balaban J connectivity index is 1.37. The number of halogens is 1. The summed E-state index contributed by atoms with van der Waals surface area (Å²) in [6.45, 7) is 7.09. The molecule has 1 aromatic carbocycles. The quantitative estimate of drug-likeness (QED) is 0.481. The van der Waals surface area contributed by atoms with Crippen molar-refractivity contribution in [2.75, 3.05) is 18.4 Å². The third-order valence-electron chi connectivity index (χ3n) is 7.11. The lowest BCUT2D eigenvalue weighted by Gasteiger charge is -2.33. The van der Waals surface area contributed by atoms with Crippen LogP contribution in [-0.4, -0.2) is 40.6 Å². The molecule has 0 unspecified atom stereocenters. The number of aromatic nitrogens is 1. The molecule has 1 aliphatic carbocycles. The molecule has 1 saturated heterocycles. The summed E-state index contributed by atoms with van der Waals surface area (Å²) in [6.07, 6.45) is 9.06. The van der Waals surface area contributed by atoms with E-state index in [-0.39, 0.29) is 12.0 Å². The number of nitrogens with one attached hydrogen (secondary N) is 1. The van der Waals surface area contributed by atoms with E-state index in [9.17, 15) is 9.59 Å². The highest BCUT2D eigenvalue weighted by atomic mass is 35.5. The molecule has 0 bridgehead atoms. The molecular weight excluding hydrogens is 462 g/mol. The summed E-state index contributed by atoms with van der Waals surface area (Å²) in [6, 6.07) is 7.80. The maximum atomic E-state index is 12.7. The Morgan fingerprint density at radius 1 is 1.03 bits per heavy atom. The van der Waals surface area contributed by atoms with E-state index in [1.165, 1.54) is 19.3 Å². The van der Waals surface area contributed by atoms with Crippen LogP contribution in [0.15, 0.2) is 24.3 Å². The molecule has 1 N–H and O–H groups in total. The predicted molar refractivity (Wildman–Crippen MR) is 141 cm³/mol. The van der Waals surface area contributed by atoms with Crippen molar-refractivity contribution in [1.82, 2.24) is 9.88 Å². The first kappa shape index (κ1) is 25.7. The average molecular weight is 500 g/mol. The third kappa shape index (κ3) is 7.09. The zero-order valence-electron chi connectivity index (χ0n) is 21.2.